The summed E-state index contributed by atoms with van der Waals surface area (Å²) >= 11 is 0. The quantitative estimate of drug-likeness (QED) is 0.819. The van der Waals surface area contributed by atoms with Crippen molar-refractivity contribution in [3.05, 3.63) is 23.9 Å². The smallest absolute Gasteiger partial charge is 0.248 e. The number of nitrogens with two attached hydrogens (primary N) is 1. The lowest BCUT2D eigenvalue weighted by Gasteiger charge is -2.28. The van der Waals surface area contributed by atoms with Gasteiger partial charge in [-0.2, -0.15) is 0 Å². The van der Waals surface area contributed by atoms with Gasteiger partial charge >= 0.3 is 0 Å². The second kappa shape index (κ2) is 5.82. The molecule has 1 saturated heterocycles. The highest BCUT2D eigenvalue weighted by atomic mass is 16.1. The van der Waals surface area contributed by atoms with Crippen LogP contribution in [0.3, 0.4) is 0 Å². The Kier molecular flexibility index (Phi) is 4.15. The average molecular weight is 248 g/mol. The van der Waals surface area contributed by atoms with Gasteiger partial charge in [-0.3, -0.25) is 4.79 Å². The van der Waals surface area contributed by atoms with Gasteiger partial charge in [0, 0.05) is 25.4 Å². The number of primary amides is 1. The molecule has 2 rings (SSSR count). The first-order valence-corrected chi connectivity index (χ1v) is 6.34. The van der Waals surface area contributed by atoms with E-state index in [0.717, 1.165) is 25.5 Å². The molecule has 1 atom stereocenters. The standard InChI is InChI=1S/C13H20N4O/c1-17(9-10-3-2-5-15-8-10)12-7-11(13(14)18)4-6-16-12/h4,6-7,10,15H,2-3,5,8-9H2,1H3,(H2,14,18). The molecule has 0 saturated carbocycles. The van der Waals surface area contributed by atoms with E-state index >= 15 is 0 Å². The number of hydrogen-bond donors (Lipinski definition) is 2. The highest BCUT2D eigenvalue weighted by Crippen LogP contribution is 2.16. The number of carbonyl (C=O) groups excluding carboxylic acids is 1. The molecule has 0 radical (unpaired) electrons. The van der Waals surface area contributed by atoms with Gasteiger partial charge in [0.15, 0.2) is 0 Å². The van der Waals surface area contributed by atoms with Crippen LogP contribution in [0.15, 0.2) is 18.3 Å². The number of nitrogens with one attached hydrogen (secondary N) is 1. The predicted octanol–water partition coefficient (Wildman–Crippen LogP) is 0.616. The molecule has 98 valence electrons. The molecule has 1 aromatic rings. The fraction of sp³-hybridized carbons (Fsp3) is 0.538. The molecule has 1 aromatic heterocycles. The van der Waals surface area contributed by atoms with Crippen molar-refractivity contribution >= 4 is 11.7 Å². The van der Waals surface area contributed by atoms with E-state index in [4.69, 9.17) is 5.73 Å². The van der Waals surface area contributed by atoms with Crippen molar-refractivity contribution in [1.82, 2.24) is 10.3 Å². The van der Waals surface area contributed by atoms with Crippen LogP contribution in [0.1, 0.15) is 23.2 Å². The highest BCUT2D eigenvalue weighted by molar-refractivity contribution is 5.93. The fourth-order valence-corrected chi connectivity index (χ4v) is 2.34. The lowest BCUT2D eigenvalue weighted by molar-refractivity contribution is 0.1000. The summed E-state index contributed by atoms with van der Waals surface area (Å²) in [6, 6.07) is 3.39. The molecular weight excluding hydrogens is 228 g/mol. The average Bonchev–Trinajstić information content (AvgIpc) is 2.40. The zero-order valence-electron chi connectivity index (χ0n) is 10.7. The zero-order valence-corrected chi connectivity index (χ0v) is 10.7. The number of aromatic nitrogens is 1. The SMILES string of the molecule is CN(CC1CCCNC1)c1cc(C(N)=O)ccn1. The van der Waals surface area contributed by atoms with E-state index < -0.39 is 5.91 Å². The minimum atomic E-state index is -0.411. The molecular formula is C13H20N4O. The molecule has 0 aliphatic carbocycles. The molecule has 0 spiro atoms. The molecule has 5 heteroatoms. The van der Waals surface area contributed by atoms with Crippen LogP contribution in [-0.2, 0) is 0 Å². The third kappa shape index (κ3) is 3.20. The molecule has 3 N–H and O–H groups in total. The first-order chi connectivity index (χ1) is 8.66. The van der Waals surface area contributed by atoms with E-state index in [1.54, 1.807) is 18.3 Å². The van der Waals surface area contributed by atoms with Crippen LogP contribution >= 0.6 is 0 Å². The fourth-order valence-electron chi connectivity index (χ4n) is 2.34. The summed E-state index contributed by atoms with van der Waals surface area (Å²) in [5.41, 5.74) is 5.78. The Morgan fingerprint density at radius 2 is 2.50 bits per heavy atom. The summed E-state index contributed by atoms with van der Waals surface area (Å²) in [6.45, 7) is 3.12. The first kappa shape index (κ1) is 12.8. The largest absolute Gasteiger partial charge is 0.366 e. The van der Waals surface area contributed by atoms with Gasteiger partial charge in [-0.15, -0.1) is 0 Å². The van der Waals surface area contributed by atoms with Crippen LogP contribution in [0.25, 0.3) is 0 Å². The van der Waals surface area contributed by atoms with Gasteiger partial charge in [-0.1, -0.05) is 0 Å². The third-order valence-corrected chi connectivity index (χ3v) is 3.35. The van der Waals surface area contributed by atoms with Gasteiger partial charge in [0.25, 0.3) is 0 Å². The van der Waals surface area contributed by atoms with Crippen molar-refractivity contribution in [2.75, 3.05) is 31.6 Å². The Bertz CT molecular complexity index is 415. The minimum absolute atomic E-state index is 0.411. The number of piperidine rings is 1. The van der Waals surface area contributed by atoms with E-state index in [2.05, 4.69) is 15.2 Å². The predicted molar refractivity (Wildman–Crippen MR) is 71.6 cm³/mol. The first-order valence-electron chi connectivity index (χ1n) is 6.34. The molecule has 1 unspecified atom stereocenters. The lowest BCUT2D eigenvalue weighted by atomic mass is 9.99. The van der Waals surface area contributed by atoms with Crippen molar-refractivity contribution in [2.24, 2.45) is 11.7 Å². The van der Waals surface area contributed by atoms with Crippen LogP contribution in [0.4, 0.5) is 5.82 Å². The van der Waals surface area contributed by atoms with Gasteiger partial charge in [0.1, 0.15) is 5.82 Å². The molecule has 5 nitrogen and oxygen atoms in total. The summed E-state index contributed by atoms with van der Waals surface area (Å²) in [4.78, 5) is 17.5. The number of pyridine rings is 1. The lowest BCUT2D eigenvalue weighted by Crippen LogP contribution is -2.37. The Labute approximate surface area is 107 Å². The third-order valence-electron chi connectivity index (χ3n) is 3.35. The monoisotopic (exact) mass is 248 g/mol. The van der Waals surface area contributed by atoms with Gasteiger partial charge in [0.2, 0.25) is 5.91 Å². The van der Waals surface area contributed by atoms with Crippen LogP contribution in [-0.4, -0.2) is 37.6 Å². The molecule has 1 aliphatic rings. The van der Waals surface area contributed by atoms with Gasteiger partial charge in [-0.25, -0.2) is 4.98 Å². The second-order valence-electron chi connectivity index (χ2n) is 4.86. The maximum atomic E-state index is 11.1. The second-order valence-corrected chi connectivity index (χ2v) is 4.86. The molecule has 0 bridgehead atoms. The minimum Gasteiger partial charge on any atom is -0.366 e. The van der Waals surface area contributed by atoms with E-state index in [-0.39, 0.29) is 0 Å². The van der Waals surface area contributed by atoms with E-state index in [9.17, 15) is 4.79 Å². The topological polar surface area (TPSA) is 71.2 Å². The molecule has 1 amide bonds. The number of anilines is 1. The number of amides is 1. The number of rotatable bonds is 4. The van der Waals surface area contributed by atoms with Crippen molar-refractivity contribution in [2.45, 2.75) is 12.8 Å². The molecule has 1 fully saturated rings. The van der Waals surface area contributed by atoms with Crippen molar-refractivity contribution in [3.63, 3.8) is 0 Å². The van der Waals surface area contributed by atoms with Crippen LogP contribution in [0.2, 0.25) is 0 Å². The van der Waals surface area contributed by atoms with Crippen molar-refractivity contribution < 1.29 is 4.79 Å². The molecule has 1 aliphatic heterocycles. The number of nitrogens with zero attached hydrogens (tertiary/aromatic N) is 2. The zero-order chi connectivity index (χ0) is 13.0. The number of hydrogen-bond acceptors (Lipinski definition) is 4. The van der Waals surface area contributed by atoms with Gasteiger partial charge in [-0.05, 0) is 44.0 Å². The van der Waals surface area contributed by atoms with Crippen LogP contribution < -0.4 is 16.0 Å². The summed E-state index contributed by atoms with van der Waals surface area (Å²) in [7, 11) is 2.00. The van der Waals surface area contributed by atoms with Crippen LogP contribution in [0, 0.1) is 5.92 Å². The summed E-state index contributed by atoms with van der Waals surface area (Å²) < 4.78 is 0. The Morgan fingerprint density at radius 1 is 1.67 bits per heavy atom. The maximum absolute atomic E-state index is 11.1. The summed E-state index contributed by atoms with van der Waals surface area (Å²) in [5, 5.41) is 3.40. The molecule has 18 heavy (non-hydrogen) atoms. The maximum Gasteiger partial charge on any atom is 0.248 e. The summed E-state index contributed by atoms with van der Waals surface area (Å²) in [6.07, 6.45) is 4.10. The van der Waals surface area contributed by atoms with E-state index in [1.165, 1.54) is 12.8 Å². The van der Waals surface area contributed by atoms with Crippen molar-refractivity contribution in [3.8, 4) is 0 Å². The van der Waals surface area contributed by atoms with Crippen molar-refractivity contribution in [1.29, 1.82) is 0 Å². The normalized spacial score (nSPS) is 19.5. The Hall–Kier alpha value is -1.62. The van der Waals surface area contributed by atoms with Gasteiger partial charge < -0.3 is 16.0 Å². The highest BCUT2D eigenvalue weighted by Gasteiger charge is 2.16. The Balaban J connectivity index is 2.01. The van der Waals surface area contributed by atoms with E-state index in [0.29, 0.717) is 11.5 Å². The summed E-state index contributed by atoms with van der Waals surface area (Å²) in [5.74, 6) is 1.03. The van der Waals surface area contributed by atoms with Crippen LogP contribution in [0.5, 0.6) is 0 Å². The molecule has 2 heterocycles. The number of carbonyl (C=O) groups is 1. The Morgan fingerprint density at radius 3 is 3.17 bits per heavy atom. The van der Waals surface area contributed by atoms with Gasteiger partial charge in [0.05, 0.1) is 0 Å². The molecule has 0 aromatic carbocycles. The van der Waals surface area contributed by atoms with E-state index in [1.807, 2.05) is 7.05 Å².